The van der Waals surface area contributed by atoms with Crippen LogP contribution in [-0.2, 0) is 13.5 Å². The van der Waals surface area contributed by atoms with Gasteiger partial charge in [-0.15, -0.1) is 0 Å². The molecule has 1 unspecified atom stereocenters. The predicted octanol–water partition coefficient (Wildman–Crippen LogP) is 2.31. The van der Waals surface area contributed by atoms with Crippen molar-refractivity contribution >= 4 is 0 Å². The number of aryl methyl sites for hydroxylation is 1. The zero-order valence-corrected chi connectivity index (χ0v) is 9.77. The van der Waals surface area contributed by atoms with Gasteiger partial charge in [0.2, 0.25) is 0 Å². The van der Waals surface area contributed by atoms with Crippen molar-refractivity contribution in [3.63, 3.8) is 0 Å². The molecule has 3 nitrogen and oxygen atoms in total. The topological polar surface area (TPSA) is 38.0 Å². The van der Waals surface area contributed by atoms with Crippen molar-refractivity contribution in [1.82, 2.24) is 9.55 Å². The van der Waals surface area contributed by atoms with Gasteiger partial charge in [0.05, 0.1) is 18.2 Å². The SMILES string of the molecule is Cn1cncc1-c1cccc2c1C(O)C(F)(F)C2. The summed E-state index contributed by atoms with van der Waals surface area (Å²) in [5, 5.41) is 9.80. The van der Waals surface area contributed by atoms with Crippen molar-refractivity contribution in [1.29, 1.82) is 0 Å². The van der Waals surface area contributed by atoms with Crippen LogP contribution in [0, 0.1) is 0 Å². The maximum absolute atomic E-state index is 13.6. The zero-order chi connectivity index (χ0) is 12.9. The van der Waals surface area contributed by atoms with Gasteiger partial charge in [-0.05, 0) is 11.1 Å². The maximum Gasteiger partial charge on any atom is 0.281 e. The Bertz CT molecular complexity index is 607. The average Bonchev–Trinajstić information content (AvgIpc) is 2.82. The molecule has 2 aromatic rings. The number of aliphatic hydroxyl groups excluding tert-OH is 1. The lowest BCUT2D eigenvalue weighted by Crippen LogP contribution is -2.21. The molecule has 1 aliphatic rings. The van der Waals surface area contributed by atoms with Crippen LogP contribution in [0.15, 0.2) is 30.7 Å². The fraction of sp³-hybridized carbons (Fsp3) is 0.308. The second kappa shape index (κ2) is 3.62. The molecule has 0 saturated carbocycles. The molecule has 0 radical (unpaired) electrons. The Hall–Kier alpha value is -1.75. The summed E-state index contributed by atoms with van der Waals surface area (Å²) in [4.78, 5) is 3.98. The van der Waals surface area contributed by atoms with E-state index in [4.69, 9.17) is 0 Å². The Morgan fingerprint density at radius 2 is 2.22 bits per heavy atom. The first kappa shape index (κ1) is 11.3. The van der Waals surface area contributed by atoms with Crippen LogP contribution < -0.4 is 0 Å². The first-order valence-corrected chi connectivity index (χ1v) is 5.65. The van der Waals surface area contributed by atoms with Gasteiger partial charge in [0.15, 0.2) is 0 Å². The van der Waals surface area contributed by atoms with E-state index in [0.717, 1.165) is 5.69 Å². The smallest absolute Gasteiger partial charge is 0.281 e. The van der Waals surface area contributed by atoms with Crippen molar-refractivity contribution in [3.05, 3.63) is 41.9 Å². The van der Waals surface area contributed by atoms with Crippen LogP contribution in [0.1, 0.15) is 17.2 Å². The van der Waals surface area contributed by atoms with Gasteiger partial charge < -0.3 is 9.67 Å². The summed E-state index contributed by atoms with van der Waals surface area (Å²) >= 11 is 0. The third-order valence-corrected chi connectivity index (χ3v) is 3.39. The Morgan fingerprint density at radius 3 is 2.89 bits per heavy atom. The van der Waals surface area contributed by atoms with E-state index in [0.29, 0.717) is 16.7 Å². The number of alkyl halides is 2. The quantitative estimate of drug-likeness (QED) is 0.843. The molecule has 1 aromatic heterocycles. The van der Waals surface area contributed by atoms with E-state index < -0.39 is 18.4 Å². The minimum atomic E-state index is -3.09. The first-order valence-electron chi connectivity index (χ1n) is 5.65. The number of aromatic nitrogens is 2. The lowest BCUT2D eigenvalue weighted by Gasteiger charge is -2.16. The summed E-state index contributed by atoms with van der Waals surface area (Å²) in [6, 6.07) is 5.11. The van der Waals surface area contributed by atoms with E-state index in [1.165, 1.54) is 0 Å². The largest absolute Gasteiger partial charge is 0.382 e. The van der Waals surface area contributed by atoms with Crippen molar-refractivity contribution in [2.24, 2.45) is 7.05 Å². The highest BCUT2D eigenvalue weighted by Crippen LogP contribution is 2.46. The van der Waals surface area contributed by atoms with Crippen molar-refractivity contribution in [3.8, 4) is 11.3 Å². The number of rotatable bonds is 1. The highest BCUT2D eigenvalue weighted by molar-refractivity contribution is 5.67. The number of nitrogens with zero attached hydrogens (tertiary/aromatic N) is 2. The number of benzene rings is 1. The number of imidazole rings is 1. The maximum atomic E-state index is 13.6. The van der Waals surface area contributed by atoms with Gasteiger partial charge in [0, 0.05) is 19.0 Å². The molecular weight excluding hydrogens is 238 g/mol. The first-order chi connectivity index (χ1) is 8.50. The summed E-state index contributed by atoms with van der Waals surface area (Å²) in [5.41, 5.74) is 2.18. The van der Waals surface area contributed by atoms with Crippen LogP contribution in [0.5, 0.6) is 0 Å². The molecule has 0 fully saturated rings. The van der Waals surface area contributed by atoms with E-state index >= 15 is 0 Å². The van der Waals surface area contributed by atoms with E-state index in [2.05, 4.69) is 4.98 Å². The second-order valence-electron chi connectivity index (χ2n) is 4.61. The number of fused-ring (bicyclic) bond motifs is 1. The summed E-state index contributed by atoms with van der Waals surface area (Å²) in [6.07, 6.45) is 1.07. The molecule has 5 heteroatoms. The van der Waals surface area contributed by atoms with Gasteiger partial charge in [-0.3, -0.25) is 0 Å². The normalized spacial score (nSPS) is 21.0. The van der Waals surface area contributed by atoms with Crippen LogP contribution in [0.2, 0.25) is 0 Å². The molecule has 94 valence electrons. The monoisotopic (exact) mass is 250 g/mol. The molecule has 0 aliphatic heterocycles. The second-order valence-corrected chi connectivity index (χ2v) is 4.61. The lowest BCUT2D eigenvalue weighted by atomic mass is 10.00. The highest BCUT2D eigenvalue weighted by Gasteiger charge is 2.47. The zero-order valence-electron chi connectivity index (χ0n) is 9.77. The molecule has 18 heavy (non-hydrogen) atoms. The van der Waals surface area contributed by atoms with Gasteiger partial charge in [-0.1, -0.05) is 18.2 Å². The molecule has 1 heterocycles. The third-order valence-electron chi connectivity index (χ3n) is 3.39. The Labute approximate surface area is 103 Å². The number of aliphatic hydroxyl groups is 1. The summed E-state index contributed by atoms with van der Waals surface area (Å²) in [6.45, 7) is 0. The van der Waals surface area contributed by atoms with Crippen molar-refractivity contribution < 1.29 is 13.9 Å². The lowest BCUT2D eigenvalue weighted by molar-refractivity contribution is -0.0966. The van der Waals surface area contributed by atoms with Crippen LogP contribution in [-0.4, -0.2) is 20.6 Å². The van der Waals surface area contributed by atoms with Crippen LogP contribution >= 0.6 is 0 Å². The number of halogens is 2. The van der Waals surface area contributed by atoms with E-state index in [1.807, 2.05) is 0 Å². The van der Waals surface area contributed by atoms with Crippen LogP contribution in [0.25, 0.3) is 11.3 Å². The summed E-state index contributed by atoms with van der Waals surface area (Å²) in [5.74, 6) is -3.09. The fourth-order valence-corrected chi connectivity index (χ4v) is 2.49. The molecule has 0 amide bonds. The van der Waals surface area contributed by atoms with E-state index in [1.54, 1.807) is 42.3 Å². The number of hydrogen-bond acceptors (Lipinski definition) is 2. The van der Waals surface area contributed by atoms with Gasteiger partial charge in [0.1, 0.15) is 6.10 Å². The number of hydrogen-bond donors (Lipinski definition) is 1. The molecule has 1 N–H and O–H groups in total. The molecule has 1 aromatic carbocycles. The average molecular weight is 250 g/mol. The molecule has 1 aliphatic carbocycles. The third kappa shape index (κ3) is 1.47. The molecule has 1 atom stereocenters. The minimum absolute atomic E-state index is 0.325. The molecular formula is C13H12F2N2O. The standard InChI is InChI=1S/C13H12F2N2O/c1-17-7-16-6-10(17)9-4-2-3-8-5-13(14,15)12(18)11(8)9/h2-4,6-7,12,18H,5H2,1H3. The Kier molecular flexibility index (Phi) is 2.28. The Balaban J connectivity index is 2.22. The summed E-state index contributed by atoms with van der Waals surface area (Å²) < 4.78 is 28.9. The predicted molar refractivity (Wildman–Crippen MR) is 62.3 cm³/mol. The summed E-state index contributed by atoms with van der Waals surface area (Å²) in [7, 11) is 1.79. The van der Waals surface area contributed by atoms with E-state index in [9.17, 15) is 13.9 Å². The van der Waals surface area contributed by atoms with Crippen molar-refractivity contribution in [2.45, 2.75) is 18.4 Å². The molecule has 3 rings (SSSR count). The molecule has 0 spiro atoms. The van der Waals surface area contributed by atoms with Gasteiger partial charge in [0.25, 0.3) is 5.92 Å². The molecule has 0 saturated heterocycles. The van der Waals surface area contributed by atoms with Crippen molar-refractivity contribution in [2.75, 3.05) is 0 Å². The van der Waals surface area contributed by atoms with E-state index in [-0.39, 0.29) is 0 Å². The van der Waals surface area contributed by atoms with Gasteiger partial charge >= 0.3 is 0 Å². The molecule has 0 bridgehead atoms. The van der Waals surface area contributed by atoms with Gasteiger partial charge in [-0.2, -0.15) is 0 Å². The van der Waals surface area contributed by atoms with Crippen LogP contribution in [0.4, 0.5) is 8.78 Å². The highest BCUT2D eigenvalue weighted by atomic mass is 19.3. The van der Waals surface area contributed by atoms with Crippen LogP contribution in [0.3, 0.4) is 0 Å². The fourth-order valence-electron chi connectivity index (χ4n) is 2.49. The Morgan fingerprint density at radius 1 is 1.44 bits per heavy atom. The minimum Gasteiger partial charge on any atom is -0.382 e. The van der Waals surface area contributed by atoms with Gasteiger partial charge in [-0.25, -0.2) is 13.8 Å².